The molecule has 1 aliphatic rings. The molecule has 0 spiro atoms. The van der Waals surface area contributed by atoms with Crippen LogP contribution in [0.4, 0.5) is 0 Å². The largest absolute Gasteiger partial charge is 0.469 e. The van der Waals surface area contributed by atoms with E-state index in [2.05, 4.69) is 20.9 Å². The minimum absolute atomic E-state index is 0.0571. The summed E-state index contributed by atoms with van der Waals surface area (Å²) in [5.41, 5.74) is 1.19. The lowest BCUT2D eigenvalue weighted by atomic mass is 10.2. The molecule has 2 heterocycles. The number of hydrogen-bond acceptors (Lipinski definition) is 5. The molecule has 3 rings (SSSR count). The molecule has 0 saturated carbocycles. The van der Waals surface area contributed by atoms with Crippen LogP contribution in [-0.4, -0.2) is 47.3 Å². The van der Waals surface area contributed by atoms with Crippen LogP contribution in [0.15, 0.2) is 42.9 Å². The van der Waals surface area contributed by atoms with Crippen molar-refractivity contribution in [3.8, 4) is 5.88 Å². The van der Waals surface area contributed by atoms with Crippen molar-refractivity contribution in [3.05, 3.63) is 53.4 Å². The Hall–Kier alpha value is -1.69. The van der Waals surface area contributed by atoms with Crippen molar-refractivity contribution >= 4 is 11.6 Å². The van der Waals surface area contributed by atoms with E-state index in [4.69, 9.17) is 21.1 Å². The molecule has 1 saturated heterocycles. The highest BCUT2D eigenvalue weighted by molar-refractivity contribution is 6.30. The lowest BCUT2D eigenvalue weighted by Crippen LogP contribution is -2.35. The maximum atomic E-state index is 6.05. The summed E-state index contributed by atoms with van der Waals surface area (Å²) in [6.45, 7) is 3.73. The van der Waals surface area contributed by atoms with Gasteiger partial charge < -0.3 is 9.47 Å². The topological polar surface area (TPSA) is 47.5 Å². The summed E-state index contributed by atoms with van der Waals surface area (Å²) in [5, 5.41) is 0.760. The molecule has 1 aliphatic heterocycles. The van der Waals surface area contributed by atoms with E-state index in [-0.39, 0.29) is 6.10 Å². The molecule has 22 heavy (non-hydrogen) atoms. The van der Waals surface area contributed by atoms with Crippen molar-refractivity contribution in [2.75, 3.05) is 26.3 Å². The second-order valence-corrected chi connectivity index (χ2v) is 5.66. The second kappa shape index (κ2) is 7.54. The van der Waals surface area contributed by atoms with Gasteiger partial charge in [0.2, 0.25) is 5.88 Å². The van der Waals surface area contributed by atoms with Crippen LogP contribution in [0.25, 0.3) is 0 Å². The number of benzene rings is 1. The first kappa shape index (κ1) is 15.2. The van der Waals surface area contributed by atoms with Crippen molar-refractivity contribution in [1.29, 1.82) is 0 Å². The summed E-state index contributed by atoms with van der Waals surface area (Å²) in [7, 11) is 0. The van der Waals surface area contributed by atoms with E-state index in [1.165, 1.54) is 5.56 Å². The van der Waals surface area contributed by atoms with Gasteiger partial charge in [0.15, 0.2) is 0 Å². The molecule has 1 atom stereocenters. The van der Waals surface area contributed by atoms with Crippen molar-refractivity contribution < 1.29 is 9.47 Å². The fraction of sp³-hybridized carbons (Fsp3) is 0.375. The van der Waals surface area contributed by atoms with Crippen LogP contribution >= 0.6 is 11.6 Å². The van der Waals surface area contributed by atoms with Crippen LogP contribution in [-0.2, 0) is 11.3 Å². The molecule has 116 valence electrons. The van der Waals surface area contributed by atoms with Gasteiger partial charge in [-0.25, -0.2) is 4.98 Å². The normalized spacial score (nSPS) is 19.6. The average molecular weight is 320 g/mol. The number of ether oxygens (including phenoxy) is 2. The first-order chi connectivity index (χ1) is 10.8. The Labute approximate surface area is 134 Å². The van der Waals surface area contributed by atoms with Gasteiger partial charge in [-0.2, -0.15) is 0 Å². The van der Waals surface area contributed by atoms with Crippen LogP contribution in [0, 0.1) is 0 Å². The average Bonchev–Trinajstić information content (AvgIpc) is 2.73. The Morgan fingerprint density at radius 1 is 1.36 bits per heavy atom. The summed E-state index contributed by atoms with van der Waals surface area (Å²) in [6.07, 6.45) is 4.81. The van der Waals surface area contributed by atoms with Gasteiger partial charge in [-0.3, -0.25) is 9.88 Å². The highest BCUT2D eigenvalue weighted by atomic mass is 35.5. The van der Waals surface area contributed by atoms with Gasteiger partial charge in [0.25, 0.3) is 0 Å². The molecular weight excluding hydrogens is 302 g/mol. The van der Waals surface area contributed by atoms with Crippen LogP contribution < -0.4 is 4.74 Å². The summed E-state index contributed by atoms with van der Waals surface area (Å²) >= 11 is 6.05. The summed E-state index contributed by atoms with van der Waals surface area (Å²) < 4.78 is 11.5. The fourth-order valence-corrected chi connectivity index (χ4v) is 2.68. The van der Waals surface area contributed by atoms with Crippen LogP contribution in [0.3, 0.4) is 0 Å². The van der Waals surface area contributed by atoms with Gasteiger partial charge in [-0.1, -0.05) is 23.7 Å². The predicted molar refractivity (Wildman–Crippen MR) is 84.0 cm³/mol. The van der Waals surface area contributed by atoms with Crippen molar-refractivity contribution in [1.82, 2.24) is 14.9 Å². The second-order valence-electron chi connectivity index (χ2n) is 5.22. The Bertz CT molecular complexity index is 597. The van der Waals surface area contributed by atoms with Gasteiger partial charge in [0.1, 0.15) is 6.10 Å². The van der Waals surface area contributed by atoms with Crippen LogP contribution in [0.5, 0.6) is 5.88 Å². The number of hydrogen-bond donors (Lipinski definition) is 0. The van der Waals surface area contributed by atoms with E-state index in [9.17, 15) is 0 Å². The molecular formula is C16H18ClN3O2. The predicted octanol–water partition coefficient (Wildman–Crippen LogP) is 2.41. The first-order valence-electron chi connectivity index (χ1n) is 7.27. The molecule has 2 aromatic rings. The zero-order chi connectivity index (χ0) is 15.2. The number of halogens is 1. The molecule has 5 nitrogen and oxygen atoms in total. The maximum Gasteiger partial charge on any atom is 0.232 e. The van der Waals surface area contributed by atoms with Crippen molar-refractivity contribution in [2.24, 2.45) is 0 Å². The van der Waals surface area contributed by atoms with E-state index in [1.54, 1.807) is 18.6 Å². The molecule has 0 unspecified atom stereocenters. The Morgan fingerprint density at radius 3 is 3.14 bits per heavy atom. The first-order valence-corrected chi connectivity index (χ1v) is 7.64. The smallest absolute Gasteiger partial charge is 0.232 e. The lowest BCUT2D eigenvalue weighted by molar-refractivity contribution is 0.0681. The summed E-state index contributed by atoms with van der Waals surface area (Å²) in [4.78, 5) is 10.5. The lowest BCUT2D eigenvalue weighted by Gasteiger charge is -2.23. The molecule has 1 fully saturated rings. The molecule has 0 bridgehead atoms. The Balaban J connectivity index is 1.62. The summed E-state index contributed by atoms with van der Waals surface area (Å²) in [6, 6.07) is 7.93. The molecule has 1 aromatic carbocycles. The van der Waals surface area contributed by atoms with Gasteiger partial charge >= 0.3 is 0 Å². The van der Waals surface area contributed by atoms with Gasteiger partial charge in [-0.15, -0.1) is 0 Å². The van der Waals surface area contributed by atoms with E-state index >= 15 is 0 Å². The third-order valence-corrected chi connectivity index (χ3v) is 3.67. The van der Waals surface area contributed by atoms with Gasteiger partial charge in [-0.05, 0) is 17.7 Å². The zero-order valence-corrected chi connectivity index (χ0v) is 12.9. The maximum absolute atomic E-state index is 6.05. The number of nitrogens with zero attached hydrogens (tertiary/aromatic N) is 3. The molecule has 0 amide bonds. The fourth-order valence-electron chi connectivity index (χ4n) is 2.47. The van der Waals surface area contributed by atoms with E-state index in [1.807, 2.05) is 18.2 Å². The van der Waals surface area contributed by atoms with Crippen LogP contribution in [0.1, 0.15) is 5.56 Å². The number of aromatic nitrogens is 2. The molecule has 0 N–H and O–H groups in total. The van der Waals surface area contributed by atoms with E-state index in [0.29, 0.717) is 19.1 Å². The quantitative estimate of drug-likeness (QED) is 0.866. The standard InChI is InChI=1S/C16H18ClN3O2/c17-14-3-1-2-13(8-14)10-20-6-7-21-12-15(11-20)22-16-9-18-4-5-19-16/h1-5,8-9,15H,6-7,10-12H2/t15-/m1/s1. The summed E-state index contributed by atoms with van der Waals surface area (Å²) in [5.74, 6) is 0.528. The third-order valence-electron chi connectivity index (χ3n) is 3.44. The molecule has 6 heteroatoms. The Kier molecular flexibility index (Phi) is 5.21. The van der Waals surface area contributed by atoms with Gasteiger partial charge in [0, 0.05) is 37.1 Å². The highest BCUT2D eigenvalue weighted by Gasteiger charge is 2.20. The third kappa shape index (κ3) is 4.40. The Morgan fingerprint density at radius 2 is 2.32 bits per heavy atom. The zero-order valence-electron chi connectivity index (χ0n) is 12.2. The number of rotatable bonds is 4. The van der Waals surface area contributed by atoms with E-state index in [0.717, 1.165) is 24.7 Å². The molecule has 0 aliphatic carbocycles. The highest BCUT2D eigenvalue weighted by Crippen LogP contribution is 2.15. The van der Waals surface area contributed by atoms with Crippen LogP contribution in [0.2, 0.25) is 5.02 Å². The molecule has 1 aromatic heterocycles. The molecule has 0 radical (unpaired) electrons. The SMILES string of the molecule is Clc1cccc(CN2CCOC[C@H](Oc3cnccn3)C2)c1. The van der Waals surface area contributed by atoms with Gasteiger partial charge in [0.05, 0.1) is 19.4 Å². The van der Waals surface area contributed by atoms with Crippen molar-refractivity contribution in [3.63, 3.8) is 0 Å². The van der Waals surface area contributed by atoms with E-state index < -0.39 is 0 Å². The minimum Gasteiger partial charge on any atom is -0.469 e. The van der Waals surface area contributed by atoms with Crippen molar-refractivity contribution in [2.45, 2.75) is 12.6 Å². The minimum atomic E-state index is -0.0571. The monoisotopic (exact) mass is 319 g/mol.